The lowest BCUT2D eigenvalue weighted by atomic mass is 10.0. The van der Waals surface area contributed by atoms with Crippen molar-refractivity contribution in [2.45, 2.75) is 24.0 Å². The van der Waals surface area contributed by atoms with Gasteiger partial charge in [0, 0.05) is 18.7 Å². The van der Waals surface area contributed by atoms with E-state index in [1.807, 2.05) is 36.4 Å². The summed E-state index contributed by atoms with van der Waals surface area (Å²) in [5.41, 5.74) is 2.36. The van der Waals surface area contributed by atoms with Crippen molar-refractivity contribution in [3.8, 4) is 11.1 Å². The van der Waals surface area contributed by atoms with Gasteiger partial charge in [-0.25, -0.2) is 0 Å². The number of carbonyl (C=O) groups excluding carboxylic acids is 2. The summed E-state index contributed by atoms with van der Waals surface area (Å²) in [6, 6.07) is 14.6. The maximum absolute atomic E-state index is 11.4. The minimum absolute atomic E-state index is 0.00266. The molecule has 0 saturated heterocycles. The van der Waals surface area contributed by atoms with E-state index in [0.717, 1.165) is 39.5 Å². The maximum atomic E-state index is 11.4. The molecule has 2 aromatic rings. The first-order valence-electron chi connectivity index (χ1n) is 7.16. The van der Waals surface area contributed by atoms with Crippen LogP contribution in [0.25, 0.3) is 11.1 Å². The Morgan fingerprint density at radius 2 is 1.54 bits per heavy atom. The molecule has 0 spiro atoms. The molecule has 0 aliphatic rings. The zero-order valence-electron chi connectivity index (χ0n) is 13.2. The molecule has 124 valence electrons. The van der Waals surface area contributed by atoms with Crippen LogP contribution in [0.2, 0.25) is 0 Å². The topological polar surface area (TPSA) is 71.4 Å². The van der Waals surface area contributed by atoms with Gasteiger partial charge in [-0.2, -0.15) is 0 Å². The van der Waals surface area contributed by atoms with Crippen molar-refractivity contribution in [1.29, 1.82) is 0 Å². The number of benzene rings is 2. The molecule has 0 bridgehead atoms. The van der Waals surface area contributed by atoms with Crippen LogP contribution in [0.4, 0.5) is 0 Å². The van der Waals surface area contributed by atoms with E-state index in [9.17, 15) is 19.5 Å². The summed E-state index contributed by atoms with van der Waals surface area (Å²) in [5.74, 6) is -1.05. The molecule has 0 aliphatic heterocycles. The van der Waals surface area contributed by atoms with Gasteiger partial charge in [0.25, 0.3) is 0 Å². The van der Waals surface area contributed by atoms with Crippen molar-refractivity contribution in [2.75, 3.05) is 0 Å². The lowest BCUT2D eigenvalue weighted by Crippen LogP contribution is -2.09. The third-order valence-corrected chi connectivity index (χ3v) is 5.08. The summed E-state index contributed by atoms with van der Waals surface area (Å²) in [7, 11) is 0. The van der Waals surface area contributed by atoms with Crippen LogP contribution in [0.5, 0.6) is 0 Å². The Balaban J connectivity index is 2.34. The Kier molecular flexibility index (Phi) is 6.23. The Hall–Kier alpha value is -2.05. The van der Waals surface area contributed by atoms with E-state index in [4.69, 9.17) is 0 Å². The Labute approximate surface area is 148 Å². The smallest absolute Gasteiger partial charge is 0.321 e. The SMILES string of the molecule is CC(=O)Sc1ccccc1-c1ccc(C(SC(C)=O)C(=O)O)cc1. The first kappa shape index (κ1) is 18.3. The minimum atomic E-state index is -1.05. The number of aliphatic carboxylic acids is 1. The maximum Gasteiger partial charge on any atom is 0.321 e. The van der Waals surface area contributed by atoms with Crippen molar-refractivity contribution >= 4 is 39.7 Å². The van der Waals surface area contributed by atoms with Crippen molar-refractivity contribution in [2.24, 2.45) is 0 Å². The van der Waals surface area contributed by atoms with Crippen LogP contribution in [0.3, 0.4) is 0 Å². The fraction of sp³-hybridized carbons (Fsp3) is 0.167. The van der Waals surface area contributed by atoms with Crippen molar-refractivity contribution < 1.29 is 19.5 Å². The molecule has 0 heterocycles. The third-order valence-electron chi connectivity index (χ3n) is 3.17. The van der Waals surface area contributed by atoms with E-state index in [-0.39, 0.29) is 10.2 Å². The van der Waals surface area contributed by atoms with Crippen LogP contribution in [0, 0.1) is 0 Å². The zero-order valence-corrected chi connectivity index (χ0v) is 14.8. The third kappa shape index (κ3) is 4.72. The number of carboxylic acid groups (broad SMARTS) is 1. The van der Waals surface area contributed by atoms with Crippen molar-refractivity contribution in [1.82, 2.24) is 0 Å². The second-order valence-electron chi connectivity index (χ2n) is 5.04. The summed E-state index contributed by atoms with van der Waals surface area (Å²) in [6.07, 6.45) is 0. The summed E-state index contributed by atoms with van der Waals surface area (Å²) in [6.45, 7) is 2.87. The van der Waals surface area contributed by atoms with Gasteiger partial charge in [-0.1, -0.05) is 66.0 Å². The quantitative estimate of drug-likeness (QED) is 0.797. The standard InChI is InChI=1S/C18H16O4S2/c1-11(19)23-16-6-4-3-5-15(16)13-7-9-14(10-8-13)17(18(21)22)24-12(2)20/h3-10,17H,1-2H3,(H,21,22). The Morgan fingerprint density at radius 1 is 0.917 bits per heavy atom. The molecule has 0 aromatic heterocycles. The molecule has 2 rings (SSSR count). The molecule has 0 fully saturated rings. The number of carboxylic acids is 1. The molecular formula is C18H16O4S2. The first-order valence-corrected chi connectivity index (χ1v) is 8.86. The summed E-state index contributed by atoms with van der Waals surface area (Å²) < 4.78 is 0. The van der Waals surface area contributed by atoms with E-state index in [0.29, 0.717) is 5.56 Å². The minimum Gasteiger partial charge on any atom is -0.480 e. The monoisotopic (exact) mass is 360 g/mol. The predicted octanol–water partition coefficient (Wildman–Crippen LogP) is 4.40. The van der Waals surface area contributed by atoms with Crippen molar-refractivity contribution in [3.05, 3.63) is 54.1 Å². The van der Waals surface area contributed by atoms with Crippen LogP contribution in [-0.4, -0.2) is 21.3 Å². The first-order chi connectivity index (χ1) is 11.4. The normalized spacial score (nSPS) is 11.8. The molecule has 2 aromatic carbocycles. The lowest BCUT2D eigenvalue weighted by Gasteiger charge is -2.12. The zero-order chi connectivity index (χ0) is 17.7. The highest BCUT2D eigenvalue weighted by Crippen LogP contribution is 2.34. The summed E-state index contributed by atoms with van der Waals surface area (Å²) >= 11 is 1.95. The molecule has 6 heteroatoms. The number of rotatable bonds is 5. The molecule has 0 aliphatic carbocycles. The molecule has 0 amide bonds. The van der Waals surface area contributed by atoms with Crippen LogP contribution in [0.1, 0.15) is 24.7 Å². The fourth-order valence-corrected chi connectivity index (χ4v) is 3.69. The van der Waals surface area contributed by atoms with Crippen LogP contribution in [0.15, 0.2) is 53.4 Å². The highest BCUT2D eigenvalue weighted by atomic mass is 32.2. The van der Waals surface area contributed by atoms with Crippen LogP contribution >= 0.6 is 23.5 Å². The Bertz CT molecular complexity index is 769. The predicted molar refractivity (Wildman–Crippen MR) is 97.1 cm³/mol. The van der Waals surface area contributed by atoms with Crippen LogP contribution in [-0.2, 0) is 14.4 Å². The number of hydrogen-bond acceptors (Lipinski definition) is 5. The molecule has 0 radical (unpaired) electrons. The lowest BCUT2D eigenvalue weighted by molar-refractivity contribution is -0.136. The number of hydrogen-bond donors (Lipinski definition) is 1. The average Bonchev–Trinajstić information content (AvgIpc) is 2.52. The molecule has 1 N–H and O–H groups in total. The van der Waals surface area contributed by atoms with Gasteiger partial charge in [0.05, 0.1) is 0 Å². The Morgan fingerprint density at radius 3 is 2.08 bits per heavy atom. The average molecular weight is 360 g/mol. The van der Waals surface area contributed by atoms with E-state index < -0.39 is 11.2 Å². The number of thioether (sulfide) groups is 2. The molecule has 1 unspecified atom stereocenters. The van der Waals surface area contributed by atoms with Crippen molar-refractivity contribution in [3.63, 3.8) is 0 Å². The van der Waals surface area contributed by atoms with Gasteiger partial charge in [0.15, 0.2) is 10.2 Å². The highest BCUT2D eigenvalue weighted by Gasteiger charge is 2.22. The molecule has 0 saturated carbocycles. The van der Waals surface area contributed by atoms with E-state index in [1.165, 1.54) is 13.8 Å². The molecule has 24 heavy (non-hydrogen) atoms. The molecular weight excluding hydrogens is 344 g/mol. The van der Waals surface area contributed by atoms with E-state index >= 15 is 0 Å². The van der Waals surface area contributed by atoms with Gasteiger partial charge in [0.1, 0.15) is 5.25 Å². The van der Waals surface area contributed by atoms with Crippen LogP contribution < -0.4 is 0 Å². The highest BCUT2D eigenvalue weighted by molar-refractivity contribution is 8.14. The van der Waals surface area contributed by atoms with Gasteiger partial charge in [-0.05, 0) is 22.8 Å². The van der Waals surface area contributed by atoms with Gasteiger partial charge in [0.2, 0.25) is 0 Å². The van der Waals surface area contributed by atoms with Gasteiger partial charge < -0.3 is 5.11 Å². The van der Waals surface area contributed by atoms with E-state index in [2.05, 4.69) is 0 Å². The number of carbonyl (C=O) groups is 3. The second-order valence-corrected chi connectivity index (χ2v) is 7.54. The second kappa shape index (κ2) is 8.17. The van der Waals surface area contributed by atoms with Gasteiger partial charge >= 0.3 is 5.97 Å². The van der Waals surface area contributed by atoms with E-state index in [1.54, 1.807) is 12.1 Å². The largest absolute Gasteiger partial charge is 0.480 e. The molecule has 1 atom stereocenters. The summed E-state index contributed by atoms with van der Waals surface area (Å²) in [5, 5.41) is 8.13. The van der Waals surface area contributed by atoms with Gasteiger partial charge in [-0.3, -0.25) is 14.4 Å². The summed E-state index contributed by atoms with van der Waals surface area (Å²) in [4.78, 5) is 34.8. The molecule has 4 nitrogen and oxygen atoms in total. The fourth-order valence-electron chi connectivity index (χ4n) is 2.21. The van der Waals surface area contributed by atoms with Gasteiger partial charge in [-0.15, -0.1) is 0 Å².